The molecule has 8 heteroatoms. The second-order valence-electron chi connectivity index (χ2n) is 8.92. The molecule has 0 aliphatic carbocycles. The number of imidazole rings is 1. The van der Waals surface area contributed by atoms with Crippen molar-refractivity contribution in [3.05, 3.63) is 94.0 Å². The first kappa shape index (κ1) is 23.8. The summed E-state index contributed by atoms with van der Waals surface area (Å²) in [5, 5.41) is 3.59. The van der Waals surface area contributed by atoms with E-state index in [1.54, 1.807) is 0 Å². The van der Waals surface area contributed by atoms with Crippen LogP contribution >= 0.6 is 23.2 Å². The van der Waals surface area contributed by atoms with Gasteiger partial charge in [-0.3, -0.25) is 9.69 Å². The zero-order valence-electron chi connectivity index (χ0n) is 19.1. The number of para-hydroxylation sites is 2. The maximum absolute atomic E-state index is 13.4. The average molecular weight is 511 g/mol. The number of nitrogens with zero attached hydrogens (tertiary/aromatic N) is 3. The van der Waals surface area contributed by atoms with E-state index in [9.17, 15) is 9.18 Å². The van der Waals surface area contributed by atoms with Gasteiger partial charge < -0.3 is 9.88 Å². The van der Waals surface area contributed by atoms with Crippen LogP contribution in [-0.2, 0) is 17.9 Å². The molecule has 1 fully saturated rings. The lowest BCUT2D eigenvalue weighted by Crippen LogP contribution is -2.40. The van der Waals surface area contributed by atoms with Crippen LogP contribution in [0.5, 0.6) is 0 Å². The molecule has 4 aromatic rings. The number of likely N-dealkylation sites (tertiary alicyclic amines) is 1. The molecule has 1 saturated heterocycles. The van der Waals surface area contributed by atoms with Gasteiger partial charge in [0.1, 0.15) is 11.6 Å². The van der Waals surface area contributed by atoms with Gasteiger partial charge in [0.05, 0.1) is 28.5 Å². The van der Waals surface area contributed by atoms with E-state index in [2.05, 4.69) is 20.9 Å². The molecule has 1 aromatic heterocycles. The number of nitrogens with one attached hydrogen (secondary N) is 1. The number of benzene rings is 3. The summed E-state index contributed by atoms with van der Waals surface area (Å²) in [7, 11) is 0. The van der Waals surface area contributed by atoms with E-state index in [0.29, 0.717) is 30.3 Å². The third-order valence-electron chi connectivity index (χ3n) is 6.42. The quantitative estimate of drug-likeness (QED) is 0.327. The molecular formula is C27H25Cl2FN4O. The smallest absolute Gasteiger partial charge is 0.228 e. The number of rotatable bonds is 6. The van der Waals surface area contributed by atoms with Crippen LogP contribution in [-0.4, -0.2) is 33.4 Å². The molecule has 3 aromatic carbocycles. The molecule has 5 rings (SSSR count). The summed E-state index contributed by atoms with van der Waals surface area (Å²) in [5.41, 5.74) is 3.68. The molecule has 1 aliphatic heterocycles. The maximum atomic E-state index is 13.4. The van der Waals surface area contributed by atoms with E-state index in [1.807, 2.05) is 42.5 Å². The Kier molecular flexibility index (Phi) is 7.04. The first-order chi connectivity index (χ1) is 17.0. The molecule has 2 heterocycles. The Morgan fingerprint density at radius 3 is 2.66 bits per heavy atom. The third-order valence-corrected chi connectivity index (χ3v) is 6.96. The minimum absolute atomic E-state index is 0.00680. The molecule has 1 aliphatic rings. The molecule has 0 saturated carbocycles. The lowest BCUT2D eigenvalue weighted by molar-refractivity contribution is -0.121. The SMILES string of the molecule is O=C(Nc1ccc(F)c(Cl)c1)[C@H]1CCCN(Cc2nc3ccccc3n2Cc2ccc(Cl)cc2)C1. The first-order valence-electron chi connectivity index (χ1n) is 11.6. The lowest BCUT2D eigenvalue weighted by atomic mass is 9.97. The fourth-order valence-corrected chi connectivity index (χ4v) is 4.93. The number of anilines is 1. The molecule has 1 atom stereocenters. The Morgan fingerprint density at radius 2 is 1.86 bits per heavy atom. The first-order valence-corrected chi connectivity index (χ1v) is 12.4. The van der Waals surface area contributed by atoms with Crippen molar-refractivity contribution in [2.45, 2.75) is 25.9 Å². The second kappa shape index (κ2) is 10.4. The van der Waals surface area contributed by atoms with Gasteiger partial charge in [-0.2, -0.15) is 0 Å². The highest BCUT2D eigenvalue weighted by molar-refractivity contribution is 6.31. The van der Waals surface area contributed by atoms with Crippen molar-refractivity contribution in [1.29, 1.82) is 0 Å². The second-order valence-corrected chi connectivity index (χ2v) is 9.77. The number of carbonyl (C=O) groups is 1. The summed E-state index contributed by atoms with van der Waals surface area (Å²) in [5.74, 6) is 0.219. The number of piperidine rings is 1. The maximum Gasteiger partial charge on any atom is 0.228 e. The van der Waals surface area contributed by atoms with Crippen molar-refractivity contribution >= 4 is 45.8 Å². The van der Waals surface area contributed by atoms with Gasteiger partial charge in [-0.1, -0.05) is 47.5 Å². The number of aromatic nitrogens is 2. The molecule has 0 bridgehead atoms. The molecular weight excluding hydrogens is 486 g/mol. The van der Waals surface area contributed by atoms with Crippen molar-refractivity contribution in [3.63, 3.8) is 0 Å². The number of hydrogen-bond donors (Lipinski definition) is 1. The molecule has 5 nitrogen and oxygen atoms in total. The highest BCUT2D eigenvalue weighted by Crippen LogP contribution is 2.25. The third kappa shape index (κ3) is 5.50. The van der Waals surface area contributed by atoms with E-state index in [4.69, 9.17) is 28.2 Å². The largest absolute Gasteiger partial charge is 0.326 e. The molecule has 1 N–H and O–H groups in total. The normalized spacial score (nSPS) is 16.5. The summed E-state index contributed by atoms with van der Waals surface area (Å²) < 4.78 is 15.7. The zero-order valence-corrected chi connectivity index (χ0v) is 20.6. The number of carbonyl (C=O) groups excluding carboxylic acids is 1. The van der Waals surface area contributed by atoms with Crippen LogP contribution in [0.2, 0.25) is 10.0 Å². The van der Waals surface area contributed by atoms with E-state index in [-0.39, 0.29) is 16.8 Å². The van der Waals surface area contributed by atoms with Gasteiger partial charge in [0.2, 0.25) is 5.91 Å². The van der Waals surface area contributed by atoms with Gasteiger partial charge >= 0.3 is 0 Å². The summed E-state index contributed by atoms with van der Waals surface area (Å²) in [6.07, 6.45) is 1.72. The van der Waals surface area contributed by atoms with Crippen LogP contribution in [0.15, 0.2) is 66.7 Å². The van der Waals surface area contributed by atoms with Crippen LogP contribution < -0.4 is 5.32 Å². The van der Waals surface area contributed by atoms with Crippen LogP contribution in [0.1, 0.15) is 24.2 Å². The summed E-state index contributed by atoms with van der Waals surface area (Å²) in [4.78, 5) is 20.1. The Balaban J connectivity index is 1.32. The standard InChI is InChI=1S/C27H25Cl2FN4O/c28-20-9-7-18(8-10-20)15-34-25-6-2-1-5-24(25)32-26(34)17-33-13-3-4-19(16-33)27(35)31-21-11-12-23(30)22(29)14-21/h1-2,5-12,14,19H,3-4,13,15-17H2,(H,31,35)/t19-/m0/s1. The van der Waals surface area contributed by atoms with E-state index >= 15 is 0 Å². The van der Waals surface area contributed by atoms with Gasteiger partial charge in [-0.25, -0.2) is 9.37 Å². The van der Waals surface area contributed by atoms with Crippen LogP contribution in [0.3, 0.4) is 0 Å². The van der Waals surface area contributed by atoms with Crippen LogP contribution in [0.25, 0.3) is 11.0 Å². The minimum atomic E-state index is -0.505. The van der Waals surface area contributed by atoms with Gasteiger partial charge in [0.25, 0.3) is 0 Å². The average Bonchev–Trinajstić information content (AvgIpc) is 3.19. The van der Waals surface area contributed by atoms with Crippen molar-refractivity contribution in [2.24, 2.45) is 5.92 Å². The number of fused-ring (bicyclic) bond motifs is 1. The fraction of sp³-hybridized carbons (Fsp3) is 0.259. The van der Waals surface area contributed by atoms with Crippen molar-refractivity contribution in [2.75, 3.05) is 18.4 Å². The predicted octanol–water partition coefficient (Wildman–Crippen LogP) is 6.38. The summed E-state index contributed by atoms with van der Waals surface area (Å²) >= 11 is 11.9. The van der Waals surface area contributed by atoms with Crippen LogP contribution in [0.4, 0.5) is 10.1 Å². The van der Waals surface area contributed by atoms with E-state index in [0.717, 1.165) is 41.8 Å². The van der Waals surface area contributed by atoms with E-state index in [1.165, 1.54) is 18.2 Å². The minimum Gasteiger partial charge on any atom is -0.326 e. The Bertz CT molecular complexity index is 1360. The molecule has 0 spiro atoms. The topological polar surface area (TPSA) is 50.2 Å². The molecule has 1 amide bonds. The van der Waals surface area contributed by atoms with Gasteiger partial charge in [-0.15, -0.1) is 0 Å². The predicted molar refractivity (Wildman–Crippen MR) is 138 cm³/mol. The Morgan fingerprint density at radius 1 is 1.06 bits per heavy atom. The Labute approximate surface area is 213 Å². The molecule has 35 heavy (non-hydrogen) atoms. The number of hydrogen-bond acceptors (Lipinski definition) is 3. The van der Waals surface area contributed by atoms with Gasteiger partial charge in [-0.05, 0) is 67.4 Å². The van der Waals surface area contributed by atoms with Crippen LogP contribution in [0, 0.1) is 11.7 Å². The van der Waals surface area contributed by atoms with Gasteiger partial charge in [0.15, 0.2) is 0 Å². The molecule has 0 unspecified atom stereocenters. The zero-order chi connectivity index (χ0) is 24.4. The summed E-state index contributed by atoms with van der Waals surface area (Å²) in [6, 6.07) is 20.2. The lowest BCUT2D eigenvalue weighted by Gasteiger charge is -2.31. The highest BCUT2D eigenvalue weighted by atomic mass is 35.5. The number of amides is 1. The molecule has 0 radical (unpaired) electrons. The highest BCUT2D eigenvalue weighted by Gasteiger charge is 2.27. The van der Waals surface area contributed by atoms with Crippen molar-refractivity contribution in [1.82, 2.24) is 14.5 Å². The molecule has 180 valence electrons. The summed E-state index contributed by atoms with van der Waals surface area (Å²) in [6.45, 7) is 2.87. The number of halogens is 3. The van der Waals surface area contributed by atoms with E-state index < -0.39 is 5.82 Å². The van der Waals surface area contributed by atoms with Crippen molar-refractivity contribution < 1.29 is 9.18 Å². The van der Waals surface area contributed by atoms with Crippen molar-refractivity contribution in [3.8, 4) is 0 Å². The fourth-order valence-electron chi connectivity index (χ4n) is 4.63. The Hall–Kier alpha value is -2.93. The van der Waals surface area contributed by atoms with Gasteiger partial charge in [0, 0.05) is 23.8 Å². The monoisotopic (exact) mass is 510 g/mol.